The Hall–Kier alpha value is -4.11. The largest absolute Gasteiger partial charge is 0.504 e. The smallest absolute Gasteiger partial charge is 0.335 e. The molecule has 2 aromatic rings. The number of carbonyl (C=O) groups is 4. The molecule has 0 aromatic heterocycles. The summed E-state index contributed by atoms with van der Waals surface area (Å²) in [6.45, 7) is 1.75. The summed E-state index contributed by atoms with van der Waals surface area (Å²) in [7, 11) is 0. The maximum Gasteiger partial charge on any atom is 0.335 e. The molecule has 6 aliphatic rings. The van der Waals surface area contributed by atoms with Gasteiger partial charge in [-0.1, -0.05) is 12.1 Å². The van der Waals surface area contributed by atoms with Gasteiger partial charge in [-0.25, -0.2) is 14.0 Å². The Bertz CT molecular complexity index is 1660. The van der Waals surface area contributed by atoms with E-state index in [9.17, 15) is 33.8 Å². The number of carbonyl (C=O) groups excluding carboxylic acids is 2. The van der Waals surface area contributed by atoms with Crippen molar-refractivity contribution in [1.29, 1.82) is 0 Å². The summed E-state index contributed by atoms with van der Waals surface area (Å²) >= 11 is 0. The Balaban J connectivity index is 0.000000296. The van der Waals surface area contributed by atoms with Gasteiger partial charge in [0.1, 0.15) is 11.9 Å². The highest BCUT2D eigenvalue weighted by Crippen LogP contribution is 2.66. The van der Waals surface area contributed by atoms with E-state index in [1.54, 1.807) is 6.07 Å². The van der Waals surface area contributed by atoms with Gasteiger partial charge < -0.3 is 35.4 Å². The number of phenolic OH excluding ortho intramolecular Hbond substituents is 1. The van der Waals surface area contributed by atoms with E-state index < -0.39 is 64.9 Å². The third-order valence-electron chi connectivity index (χ3n) is 10.8. The lowest BCUT2D eigenvalue weighted by Gasteiger charge is -2.64. The van der Waals surface area contributed by atoms with Gasteiger partial charge >= 0.3 is 11.9 Å². The van der Waals surface area contributed by atoms with E-state index in [1.165, 1.54) is 31.0 Å². The number of benzene rings is 2. The molecule has 3 aliphatic heterocycles. The molecular weight excluding hydrogens is 607 g/mol. The number of hydrogen-bond acceptors (Lipinski definition) is 10. The third-order valence-corrected chi connectivity index (χ3v) is 10.8. The number of rotatable bonds is 6. The van der Waals surface area contributed by atoms with E-state index >= 15 is 0 Å². The van der Waals surface area contributed by atoms with E-state index in [1.807, 2.05) is 6.07 Å². The van der Waals surface area contributed by atoms with Gasteiger partial charge in [-0.05, 0) is 74.8 Å². The number of aliphatic hydroxyl groups excluding tert-OH is 2. The SMILES string of the molecule is O=C(O)C(O)C(O)C(=O)O.O=C1c2cccc(F)c2C(=O)N1[C@@H]1CC[C@@]2(O)[C@H]3Cc4ccc(O)c5c4[C@@]2(CCN3CC2CC2)[C@@H]1O5. The number of carboxylic acids is 2. The number of aromatic hydroxyl groups is 1. The highest BCUT2D eigenvalue weighted by Gasteiger charge is 2.74. The molecule has 2 bridgehead atoms. The molecule has 3 aliphatic carbocycles. The zero-order chi connectivity index (χ0) is 32.9. The normalized spacial score (nSPS) is 31.7. The van der Waals surface area contributed by atoms with Crippen LogP contribution in [0.15, 0.2) is 30.3 Å². The summed E-state index contributed by atoms with van der Waals surface area (Å²) in [5, 5.41) is 55.9. The predicted molar refractivity (Wildman–Crippen MR) is 153 cm³/mol. The van der Waals surface area contributed by atoms with Gasteiger partial charge in [0.15, 0.2) is 23.7 Å². The Labute approximate surface area is 261 Å². The van der Waals surface area contributed by atoms with Crippen LogP contribution in [0.5, 0.6) is 11.5 Å². The van der Waals surface area contributed by atoms with Crippen molar-refractivity contribution in [3.8, 4) is 11.5 Å². The lowest BCUT2D eigenvalue weighted by molar-refractivity contribution is -0.196. The number of likely N-dealkylation sites (tertiary alicyclic amines) is 1. The number of hydrogen-bond donors (Lipinski definition) is 6. The fraction of sp³-hybridized carbons (Fsp3) is 0.500. The van der Waals surface area contributed by atoms with Gasteiger partial charge in [-0.15, -0.1) is 0 Å². The minimum Gasteiger partial charge on any atom is -0.504 e. The molecule has 2 amide bonds. The van der Waals surface area contributed by atoms with Crippen LogP contribution in [0.2, 0.25) is 0 Å². The predicted octanol–water partition coefficient (Wildman–Crippen LogP) is 0.638. The molecule has 0 radical (unpaired) electrons. The molecule has 8 rings (SSSR count). The second kappa shape index (κ2) is 10.5. The van der Waals surface area contributed by atoms with Crippen molar-refractivity contribution in [2.24, 2.45) is 5.92 Å². The molecule has 7 atom stereocenters. The molecule has 2 unspecified atom stereocenters. The quantitative estimate of drug-likeness (QED) is 0.241. The van der Waals surface area contributed by atoms with E-state index in [0.717, 1.165) is 29.1 Å². The Morgan fingerprint density at radius 1 is 1.00 bits per heavy atom. The van der Waals surface area contributed by atoms with Gasteiger partial charge in [0.2, 0.25) is 0 Å². The average molecular weight is 641 g/mol. The first-order valence-electron chi connectivity index (χ1n) is 15.3. The van der Waals surface area contributed by atoms with E-state index in [2.05, 4.69) is 4.90 Å². The van der Waals surface area contributed by atoms with Crippen LogP contribution >= 0.6 is 0 Å². The first-order chi connectivity index (χ1) is 21.8. The Morgan fingerprint density at radius 2 is 1.70 bits per heavy atom. The van der Waals surface area contributed by atoms with Crippen molar-refractivity contribution in [1.82, 2.24) is 9.80 Å². The molecule has 244 valence electrons. The number of imide groups is 1. The molecule has 14 heteroatoms. The first-order valence-corrected chi connectivity index (χ1v) is 15.3. The number of piperidine rings is 1. The van der Waals surface area contributed by atoms with Crippen molar-refractivity contribution < 1.29 is 58.9 Å². The highest BCUT2D eigenvalue weighted by molar-refractivity contribution is 6.21. The average Bonchev–Trinajstić information content (AvgIpc) is 3.70. The molecule has 3 fully saturated rings. The molecule has 2 saturated carbocycles. The molecule has 46 heavy (non-hydrogen) atoms. The number of halogens is 1. The highest BCUT2D eigenvalue weighted by atomic mass is 19.1. The van der Waals surface area contributed by atoms with Gasteiger partial charge in [-0.2, -0.15) is 0 Å². The fourth-order valence-electron chi connectivity index (χ4n) is 8.55. The van der Waals surface area contributed by atoms with Gasteiger partial charge in [-0.3, -0.25) is 19.4 Å². The number of fused-ring (bicyclic) bond motifs is 1. The molecular formula is C32H33FN2O11. The second-order valence-corrected chi connectivity index (χ2v) is 13.1. The minimum atomic E-state index is -2.27. The summed E-state index contributed by atoms with van der Waals surface area (Å²) in [4.78, 5) is 50.0. The van der Waals surface area contributed by atoms with Crippen LogP contribution in [0.25, 0.3) is 0 Å². The molecule has 1 saturated heterocycles. The summed E-state index contributed by atoms with van der Waals surface area (Å²) in [5.41, 5.74) is -0.203. The Kier molecular flexibility index (Phi) is 6.94. The standard InChI is InChI=1S/C28H27FN2O5.C4H6O6/c29-17-3-1-2-16-21(17)26(34)31(25(16)33)18-8-9-28(35)20-12-15-6-7-19(32)23-22(15)27(28,24(18)36-23)10-11-30(20)13-14-4-5-14;5-1(3(7)8)2(6)4(9)10/h1-3,6-7,14,18,20,24,32,35H,4-5,8-13H2;1-2,5-6H,(H,7,8)(H,9,10)/t18-,20-,24-,27+,28-;/m1./s1. The summed E-state index contributed by atoms with van der Waals surface area (Å²) in [5.74, 6) is -4.37. The number of phenols is 1. The minimum absolute atomic E-state index is 0.00545. The first kappa shape index (κ1) is 30.5. The summed E-state index contributed by atoms with van der Waals surface area (Å²) in [6.07, 6.45) is -0.760. The number of ether oxygens (including phenoxy) is 1. The second-order valence-electron chi connectivity index (χ2n) is 13.1. The van der Waals surface area contributed by atoms with Gasteiger partial charge in [0.25, 0.3) is 11.8 Å². The van der Waals surface area contributed by atoms with E-state index in [4.69, 9.17) is 25.2 Å². The number of aliphatic hydroxyl groups is 3. The van der Waals surface area contributed by atoms with Crippen LogP contribution in [-0.4, -0.2) is 113 Å². The molecule has 1 spiro atoms. The number of nitrogens with zero attached hydrogens (tertiary/aromatic N) is 2. The number of carboxylic acid groups (broad SMARTS) is 2. The van der Waals surface area contributed by atoms with Crippen LogP contribution in [0.1, 0.15) is 63.9 Å². The molecule has 13 nitrogen and oxygen atoms in total. The van der Waals surface area contributed by atoms with Gasteiger partial charge in [0.05, 0.1) is 28.2 Å². The third kappa shape index (κ3) is 4.13. The van der Waals surface area contributed by atoms with Gasteiger partial charge in [0, 0.05) is 18.2 Å². The van der Waals surface area contributed by atoms with Crippen molar-refractivity contribution in [2.45, 2.75) is 79.9 Å². The monoisotopic (exact) mass is 640 g/mol. The number of amides is 2. The zero-order valence-electron chi connectivity index (χ0n) is 24.5. The van der Waals surface area contributed by atoms with E-state index in [-0.39, 0.29) is 22.9 Å². The summed E-state index contributed by atoms with van der Waals surface area (Å²) < 4.78 is 21.1. The van der Waals surface area contributed by atoms with Crippen LogP contribution in [0.4, 0.5) is 4.39 Å². The lowest BCUT2D eigenvalue weighted by Crippen LogP contribution is -2.78. The number of aliphatic carboxylic acids is 2. The zero-order valence-corrected chi connectivity index (χ0v) is 24.5. The van der Waals surface area contributed by atoms with E-state index in [0.29, 0.717) is 37.4 Å². The van der Waals surface area contributed by atoms with Crippen molar-refractivity contribution in [3.63, 3.8) is 0 Å². The van der Waals surface area contributed by atoms with Crippen LogP contribution in [0, 0.1) is 11.7 Å². The summed E-state index contributed by atoms with van der Waals surface area (Å²) in [6, 6.07) is 6.91. The van der Waals surface area contributed by atoms with Crippen molar-refractivity contribution in [2.75, 3.05) is 13.1 Å². The van der Waals surface area contributed by atoms with Crippen molar-refractivity contribution in [3.05, 3.63) is 58.4 Å². The van der Waals surface area contributed by atoms with Crippen LogP contribution < -0.4 is 4.74 Å². The van der Waals surface area contributed by atoms with Crippen LogP contribution in [-0.2, 0) is 21.4 Å². The topological polar surface area (TPSA) is 205 Å². The maximum atomic E-state index is 14.6. The Morgan fingerprint density at radius 3 is 2.33 bits per heavy atom. The lowest BCUT2D eigenvalue weighted by atomic mass is 9.48. The molecule has 3 heterocycles. The molecule has 6 N–H and O–H groups in total. The maximum absolute atomic E-state index is 14.6. The fourth-order valence-corrected chi connectivity index (χ4v) is 8.55. The molecule has 2 aromatic carbocycles. The van der Waals surface area contributed by atoms with Crippen LogP contribution in [0.3, 0.4) is 0 Å². The van der Waals surface area contributed by atoms with Crippen molar-refractivity contribution >= 4 is 23.8 Å².